The van der Waals surface area contributed by atoms with Gasteiger partial charge >= 0.3 is 0 Å². The number of para-hydroxylation sites is 1. The van der Waals surface area contributed by atoms with Crippen LogP contribution >= 0.6 is 0 Å². The fraction of sp³-hybridized carbons (Fsp3) is 0.300. The number of aromatic nitrogens is 2. The van der Waals surface area contributed by atoms with Crippen molar-refractivity contribution in [3.8, 4) is 0 Å². The van der Waals surface area contributed by atoms with Gasteiger partial charge in [0.2, 0.25) is 0 Å². The molecule has 13 heavy (non-hydrogen) atoms. The minimum Gasteiger partial charge on any atom is -0.330 e. The fourth-order valence-corrected chi connectivity index (χ4v) is 1.48. The number of nitrogens with one attached hydrogen (secondary N) is 1. The molecule has 0 saturated carbocycles. The van der Waals surface area contributed by atoms with Gasteiger partial charge in [-0.15, -0.1) is 0 Å². The lowest BCUT2D eigenvalue weighted by atomic mass is 10.1. The Labute approximate surface area is 76.9 Å². The van der Waals surface area contributed by atoms with Gasteiger partial charge in [-0.2, -0.15) is 5.10 Å². The fourth-order valence-electron chi connectivity index (χ4n) is 1.48. The second-order valence-corrected chi connectivity index (χ2v) is 3.11. The highest BCUT2D eigenvalue weighted by Gasteiger charge is 2.02. The molecule has 1 aromatic carbocycles. The maximum absolute atomic E-state index is 5.45. The Morgan fingerprint density at radius 3 is 3.00 bits per heavy atom. The quantitative estimate of drug-likeness (QED) is 0.741. The molecular weight excluding hydrogens is 162 g/mol. The third-order valence-electron chi connectivity index (χ3n) is 2.17. The number of nitrogens with zero attached hydrogens (tertiary/aromatic N) is 1. The number of rotatable bonds is 3. The van der Waals surface area contributed by atoms with Crippen LogP contribution in [0.5, 0.6) is 0 Å². The van der Waals surface area contributed by atoms with E-state index in [1.165, 1.54) is 5.39 Å². The van der Waals surface area contributed by atoms with E-state index in [-0.39, 0.29) is 0 Å². The van der Waals surface area contributed by atoms with Crippen LogP contribution in [0.2, 0.25) is 0 Å². The van der Waals surface area contributed by atoms with E-state index in [2.05, 4.69) is 16.3 Å². The zero-order valence-corrected chi connectivity index (χ0v) is 7.46. The van der Waals surface area contributed by atoms with E-state index in [9.17, 15) is 0 Å². The maximum atomic E-state index is 5.45. The molecule has 1 heterocycles. The Kier molecular flexibility index (Phi) is 2.27. The van der Waals surface area contributed by atoms with Gasteiger partial charge in [-0.3, -0.25) is 5.10 Å². The van der Waals surface area contributed by atoms with Crippen LogP contribution in [-0.2, 0) is 6.42 Å². The second-order valence-electron chi connectivity index (χ2n) is 3.11. The van der Waals surface area contributed by atoms with Crippen LogP contribution in [0.15, 0.2) is 24.3 Å². The molecule has 3 N–H and O–H groups in total. The highest BCUT2D eigenvalue weighted by atomic mass is 15.1. The average Bonchev–Trinajstić information content (AvgIpc) is 2.58. The number of hydrogen-bond donors (Lipinski definition) is 2. The van der Waals surface area contributed by atoms with Crippen LogP contribution in [0, 0.1) is 0 Å². The highest BCUT2D eigenvalue weighted by molar-refractivity contribution is 5.81. The van der Waals surface area contributed by atoms with E-state index in [0.29, 0.717) is 0 Å². The smallest absolute Gasteiger partial charge is 0.0701 e. The average molecular weight is 175 g/mol. The minimum atomic E-state index is 0.723. The van der Waals surface area contributed by atoms with Gasteiger partial charge in [0, 0.05) is 5.39 Å². The maximum Gasteiger partial charge on any atom is 0.0701 e. The van der Waals surface area contributed by atoms with Crippen molar-refractivity contribution >= 4 is 10.9 Å². The Morgan fingerprint density at radius 1 is 1.31 bits per heavy atom. The van der Waals surface area contributed by atoms with Gasteiger partial charge < -0.3 is 5.73 Å². The van der Waals surface area contributed by atoms with Crippen LogP contribution in [0.3, 0.4) is 0 Å². The Balaban J connectivity index is 2.35. The summed E-state index contributed by atoms with van der Waals surface area (Å²) in [5, 5.41) is 8.48. The van der Waals surface area contributed by atoms with Crippen molar-refractivity contribution in [3.05, 3.63) is 30.0 Å². The van der Waals surface area contributed by atoms with E-state index in [1.54, 1.807) is 0 Å². The van der Waals surface area contributed by atoms with Gasteiger partial charge in [-0.1, -0.05) is 18.2 Å². The number of fused-ring (bicyclic) bond motifs is 1. The molecule has 0 fully saturated rings. The Bertz CT molecular complexity index is 392. The molecule has 2 rings (SSSR count). The molecule has 3 heteroatoms. The van der Waals surface area contributed by atoms with E-state index >= 15 is 0 Å². The first-order chi connectivity index (χ1) is 6.42. The van der Waals surface area contributed by atoms with E-state index in [0.717, 1.165) is 30.6 Å². The van der Waals surface area contributed by atoms with Crippen molar-refractivity contribution in [1.82, 2.24) is 10.2 Å². The monoisotopic (exact) mass is 175 g/mol. The van der Waals surface area contributed by atoms with Crippen molar-refractivity contribution in [2.75, 3.05) is 6.54 Å². The van der Waals surface area contributed by atoms with Crippen molar-refractivity contribution in [1.29, 1.82) is 0 Å². The third-order valence-corrected chi connectivity index (χ3v) is 2.17. The Hall–Kier alpha value is -1.35. The Morgan fingerprint density at radius 2 is 2.15 bits per heavy atom. The topological polar surface area (TPSA) is 54.7 Å². The second kappa shape index (κ2) is 3.58. The summed E-state index contributed by atoms with van der Waals surface area (Å²) in [6.45, 7) is 0.723. The van der Waals surface area contributed by atoms with Crippen LogP contribution in [-0.4, -0.2) is 16.7 Å². The van der Waals surface area contributed by atoms with Gasteiger partial charge in [-0.05, 0) is 25.5 Å². The zero-order valence-electron chi connectivity index (χ0n) is 7.46. The molecule has 0 aliphatic rings. The lowest BCUT2D eigenvalue weighted by molar-refractivity contribution is 0.808. The normalized spacial score (nSPS) is 10.8. The van der Waals surface area contributed by atoms with Crippen molar-refractivity contribution in [2.24, 2.45) is 5.73 Å². The molecule has 0 aliphatic heterocycles. The summed E-state index contributed by atoms with van der Waals surface area (Å²) in [5.41, 5.74) is 7.68. The number of H-pyrrole nitrogens is 1. The molecule has 0 bridgehead atoms. The summed E-state index contributed by atoms with van der Waals surface area (Å²) in [4.78, 5) is 0. The van der Waals surface area contributed by atoms with Crippen molar-refractivity contribution < 1.29 is 0 Å². The molecule has 0 atom stereocenters. The summed E-state index contributed by atoms with van der Waals surface area (Å²) in [5.74, 6) is 0. The molecule has 0 spiro atoms. The lowest BCUT2D eigenvalue weighted by Crippen LogP contribution is -2.00. The molecule has 2 aromatic rings. The standard InChI is InChI=1S/C10H13N3/c11-7-3-6-10-8-4-1-2-5-9(8)12-13-10/h1-2,4-5H,3,6-7,11H2,(H,12,13). The molecule has 0 saturated heterocycles. The van der Waals surface area contributed by atoms with Crippen LogP contribution in [0.1, 0.15) is 12.1 Å². The first kappa shape index (κ1) is 8.26. The number of aromatic amines is 1. The van der Waals surface area contributed by atoms with Gasteiger partial charge in [0.15, 0.2) is 0 Å². The van der Waals surface area contributed by atoms with Crippen LogP contribution in [0.4, 0.5) is 0 Å². The van der Waals surface area contributed by atoms with Gasteiger partial charge in [0.05, 0.1) is 11.2 Å². The third kappa shape index (κ3) is 1.55. The molecule has 0 unspecified atom stereocenters. The molecule has 0 radical (unpaired) electrons. The summed E-state index contributed by atoms with van der Waals surface area (Å²) in [6, 6.07) is 8.16. The van der Waals surface area contributed by atoms with E-state index in [1.807, 2.05) is 18.2 Å². The first-order valence-electron chi connectivity index (χ1n) is 4.54. The molecular formula is C10H13N3. The molecule has 3 nitrogen and oxygen atoms in total. The van der Waals surface area contributed by atoms with E-state index in [4.69, 9.17) is 5.73 Å². The molecule has 1 aromatic heterocycles. The van der Waals surface area contributed by atoms with Gasteiger partial charge in [0.1, 0.15) is 0 Å². The predicted octanol–water partition coefficient (Wildman–Crippen LogP) is 1.45. The number of nitrogens with two attached hydrogens (primary N) is 1. The number of benzene rings is 1. The van der Waals surface area contributed by atoms with Gasteiger partial charge in [0.25, 0.3) is 0 Å². The lowest BCUT2D eigenvalue weighted by Gasteiger charge is -1.94. The zero-order chi connectivity index (χ0) is 9.10. The highest BCUT2D eigenvalue weighted by Crippen LogP contribution is 2.15. The molecule has 0 aliphatic carbocycles. The summed E-state index contributed by atoms with van der Waals surface area (Å²) in [7, 11) is 0. The van der Waals surface area contributed by atoms with Crippen molar-refractivity contribution in [2.45, 2.75) is 12.8 Å². The summed E-state index contributed by atoms with van der Waals surface area (Å²) < 4.78 is 0. The molecule has 0 amide bonds. The largest absolute Gasteiger partial charge is 0.330 e. The van der Waals surface area contributed by atoms with Crippen LogP contribution in [0.25, 0.3) is 10.9 Å². The summed E-state index contributed by atoms with van der Waals surface area (Å²) >= 11 is 0. The SMILES string of the molecule is NCCCc1n[nH]c2ccccc12. The number of hydrogen-bond acceptors (Lipinski definition) is 2. The first-order valence-corrected chi connectivity index (χ1v) is 4.54. The number of aryl methyl sites for hydroxylation is 1. The van der Waals surface area contributed by atoms with E-state index < -0.39 is 0 Å². The predicted molar refractivity (Wildman–Crippen MR) is 53.5 cm³/mol. The minimum absolute atomic E-state index is 0.723. The summed E-state index contributed by atoms with van der Waals surface area (Å²) in [6.07, 6.45) is 1.95. The molecule has 68 valence electrons. The van der Waals surface area contributed by atoms with Crippen molar-refractivity contribution in [3.63, 3.8) is 0 Å². The van der Waals surface area contributed by atoms with Gasteiger partial charge in [-0.25, -0.2) is 0 Å². The van der Waals surface area contributed by atoms with Crippen LogP contribution < -0.4 is 5.73 Å².